The molecule has 0 saturated heterocycles. The van der Waals surface area contributed by atoms with Gasteiger partial charge in [-0.3, -0.25) is 14.5 Å². The van der Waals surface area contributed by atoms with Crippen LogP contribution in [0.25, 0.3) is 0 Å². The van der Waals surface area contributed by atoms with Gasteiger partial charge in [0.15, 0.2) is 0 Å². The van der Waals surface area contributed by atoms with Gasteiger partial charge in [-0.25, -0.2) is 0 Å². The predicted molar refractivity (Wildman–Crippen MR) is 88.0 cm³/mol. The first kappa shape index (κ1) is 18.1. The van der Waals surface area contributed by atoms with Gasteiger partial charge in [-0.05, 0) is 33.0 Å². The third kappa shape index (κ3) is 6.69. The van der Waals surface area contributed by atoms with Crippen LogP contribution in [0.4, 0.5) is 11.4 Å². The van der Waals surface area contributed by atoms with Crippen LogP contribution in [0.1, 0.15) is 20.8 Å². The van der Waals surface area contributed by atoms with Crippen molar-refractivity contribution in [2.24, 2.45) is 0 Å². The molecule has 0 aromatic heterocycles. The largest absolute Gasteiger partial charge is 0.377 e. The van der Waals surface area contributed by atoms with Gasteiger partial charge in [-0.15, -0.1) is 0 Å². The summed E-state index contributed by atoms with van der Waals surface area (Å²) in [4.78, 5) is 25.2. The molecule has 0 aliphatic carbocycles. The number of likely N-dealkylation sites (N-methyl/N-ethyl adjacent to an activating group) is 1. The van der Waals surface area contributed by atoms with Gasteiger partial charge in [-0.1, -0.05) is 12.1 Å². The van der Waals surface area contributed by atoms with Crippen LogP contribution in [-0.2, 0) is 14.3 Å². The summed E-state index contributed by atoms with van der Waals surface area (Å²) in [5, 5.41) is 5.51. The predicted octanol–water partition coefficient (Wildman–Crippen LogP) is 1.94. The van der Waals surface area contributed by atoms with E-state index in [-0.39, 0.29) is 24.5 Å². The van der Waals surface area contributed by atoms with Crippen LogP contribution in [-0.4, -0.2) is 49.6 Å². The number of rotatable bonds is 8. The molecule has 1 rings (SSSR count). The average molecular weight is 307 g/mol. The number of para-hydroxylation sites is 2. The number of hydrogen-bond acceptors (Lipinski definition) is 4. The van der Waals surface area contributed by atoms with Crippen molar-refractivity contribution >= 4 is 23.2 Å². The highest BCUT2D eigenvalue weighted by Gasteiger charge is 2.12. The molecule has 1 aromatic rings. The summed E-state index contributed by atoms with van der Waals surface area (Å²) in [7, 11) is 1.87. The molecule has 1 unspecified atom stereocenters. The number of carbonyl (C=O) groups excluding carboxylic acids is 2. The van der Waals surface area contributed by atoms with E-state index in [1.165, 1.54) is 6.92 Å². The van der Waals surface area contributed by atoms with E-state index in [0.29, 0.717) is 24.5 Å². The minimum absolute atomic E-state index is 0.0782. The van der Waals surface area contributed by atoms with Crippen molar-refractivity contribution < 1.29 is 14.3 Å². The number of nitrogens with one attached hydrogen (secondary N) is 2. The fourth-order valence-electron chi connectivity index (χ4n) is 2.17. The maximum Gasteiger partial charge on any atom is 0.238 e. The number of anilines is 2. The van der Waals surface area contributed by atoms with E-state index in [1.807, 2.05) is 31.9 Å². The Morgan fingerprint density at radius 3 is 2.36 bits per heavy atom. The Morgan fingerprint density at radius 2 is 1.82 bits per heavy atom. The lowest BCUT2D eigenvalue weighted by atomic mass is 10.2. The first-order valence-electron chi connectivity index (χ1n) is 7.39. The summed E-state index contributed by atoms with van der Waals surface area (Å²) in [6, 6.07) is 7.11. The molecule has 1 atom stereocenters. The standard InChI is InChI=1S/C16H25N3O3/c1-5-22-12(2)10-19(4)11-16(21)18-15-9-7-6-8-14(15)17-13(3)20/h6-9,12H,5,10-11H2,1-4H3,(H,17,20)(H,18,21). The minimum Gasteiger partial charge on any atom is -0.377 e. The van der Waals surface area contributed by atoms with E-state index >= 15 is 0 Å². The highest BCUT2D eigenvalue weighted by molar-refractivity contribution is 5.99. The number of benzene rings is 1. The van der Waals surface area contributed by atoms with Crippen molar-refractivity contribution in [3.63, 3.8) is 0 Å². The zero-order valence-corrected chi connectivity index (χ0v) is 13.7. The van der Waals surface area contributed by atoms with Gasteiger partial charge < -0.3 is 15.4 Å². The van der Waals surface area contributed by atoms with Crippen molar-refractivity contribution in [1.29, 1.82) is 0 Å². The lowest BCUT2D eigenvalue weighted by Gasteiger charge is -2.21. The van der Waals surface area contributed by atoms with Gasteiger partial charge >= 0.3 is 0 Å². The summed E-state index contributed by atoms with van der Waals surface area (Å²) in [5.74, 6) is -0.312. The fourth-order valence-corrected chi connectivity index (χ4v) is 2.17. The molecule has 22 heavy (non-hydrogen) atoms. The maximum atomic E-state index is 12.1. The molecule has 0 heterocycles. The number of ether oxygens (including phenoxy) is 1. The Labute approximate surface area is 131 Å². The topological polar surface area (TPSA) is 70.7 Å². The molecule has 122 valence electrons. The summed E-state index contributed by atoms with van der Waals surface area (Å²) in [5.41, 5.74) is 1.18. The fraction of sp³-hybridized carbons (Fsp3) is 0.500. The SMILES string of the molecule is CCOC(C)CN(C)CC(=O)Nc1ccccc1NC(C)=O. The zero-order chi connectivity index (χ0) is 16.5. The van der Waals surface area contributed by atoms with Crippen LogP contribution in [0.15, 0.2) is 24.3 Å². The van der Waals surface area contributed by atoms with E-state index in [1.54, 1.807) is 18.2 Å². The van der Waals surface area contributed by atoms with E-state index in [2.05, 4.69) is 10.6 Å². The molecule has 1 aromatic carbocycles. The van der Waals surface area contributed by atoms with Gasteiger partial charge in [0.05, 0.1) is 24.0 Å². The van der Waals surface area contributed by atoms with Gasteiger partial charge in [0.25, 0.3) is 0 Å². The summed E-state index contributed by atoms with van der Waals surface area (Å²) >= 11 is 0. The number of carbonyl (C=O) groups is 2. The number of amides is 2. The number of hydrogen-bond donors (Lipinski definition) is 2. The third-order valence-corrected chi connectivity index (χ3v) is 2.95. The molecule has 6 heteroatoms. The summed E-state index contributed by atoms with van der Waals surface area (Å²) in [6.45, 7) is 6.94. The van der Waals surface area contributed by atoms with Crippen molar-refractivity contribution in [1.82, 2.24) is 4.90 Å². The molecule has 0 spiro atoms. The minimum atomic E-state index is -0.177. The molecule has 0 radical (unpaired) electrons. The lowest BCUT2D eigenvalue weighted by molar-refractivity contribution is -0.117. The molecule has 2 N–H and O–H groups in total. The summed E-state index contributed by atoms with van der Waals surface area (Å²) < 4.78 is 5.45. The van der Waals surface area contributed by atoms with Gasteiger partial charge in [0.1, 0.15) is 0 Å². The monoisotopic (exact) mass is 307 g/mol. The van der Waals surface area contributed by atoms with Crippen LogP contribution >= 0.6 is 0 Å². The number of nitrogens with zero attached hydrogens (tertiary/aromatic N) is 1. The first-order chi connectivity index (χ1) is 10.4. The van der Waals surface area contributed by atoms with Crippen LogP contribution < -0.4 is 10.6 Å². The lowest BCUT2D eigenvalue weighted by Crippen LogP contribution is -2.35. The molecule has 0 fully saturated rings. The van der Waals surface area contributed by atoms with Crippen LogP contribution in [0, 0.1) is 0 Å². The van der Waals surface area contributed by atoms with Gasteiger partial charge in [-0.2, -0.15) is 0 Å². The Bertz CT molecular complexity index is 505. The molecule has 0 aliphatic heterocycles. The molecule has 0 aliphatic rings. The molecule has 0 bridgehead atoms. The maximum absolute atomic E-state index is 12.1. The molecular formula is C16H25N3O3. The van der Waals surface area contributed by atoms with Crippen molar-refractivity contribution in [3.8, 4) is 0 Å². The molecule has 2 amide bonds. The molecular weight excluding hydrogens is 282 g/mol. The van der Waals surface area contributed by atoms with Crippen LogP contribution in [0.3, 0.4) is 0 Å². The Hall–Kier alpha value is -1.92. The van der Waals surface area contributed by atoms with Gasteiger partial charge in [0.2, 0.25) is 11.8 Å². The highest BCUT2D eigenvalue weighted by Crippen LogP contribution is 2.20. The Balaban J connectivity index is 2.56. The van der Waals surface area contributed by atoms with E-state index in [9.17, 15) is 9.59 Å². The van der Waals surface area contributed by atoms with Crippen molar-refractivity contribution in [2.75, 3.05) is 37.4 Å². The van der Waals surface area contributed by atoms with Gasteiger partial charge in [0, 0.05) is 20.1 Å². The van der Waals surface area contributed by atoms with E-state index in [4.69, 9.17) is 4.74 Å². The second kappa shape index (κ2) is 9.17. The van der Waals surface area contributed by atoms with E-state index < -0.39 is 0 Å². The quantitative estimate of drug-likeness (QED) is 0.770. The van der Waals surface area contributed by atoms with Crippen LogP contribution in [0.2, 0.25) is 0 Å². The van der Waals surface area contributed by atoms with Crippen molar-refractivity contribution in [3.05, 3.63) is 24.3 Å². The van der Waals surface area contributed by atoms with Crippen molar-refractivity contribution in [2.45, 2.75) is 26.9 Å². The highest BCUT2D eigenvalue weighted by atomic mass is 16.5. The Kier molecular flexibility index (Phi) is 7.56. The average Bonchev–Trinajstić information content (AvgIpc) is 2.40. The molecule has 0 saturated carbocycles. The third-order valence-electron chi connectivity index (χ3n) is 2.95. The second-order valence-corrected chi connectivity index (χ2v) is 5.24. The van der Waals surface area contributed by atoms with E-state index in [0.717, 1.165) is 0 Å². The molecule has 6 nitrogen and oxygen atoms in total. The first-order valence-corrected chi connectivity index (χ1v) is 7.39. The smallest absolute Gasteiger partial charge is 0.238 e. The van der Waals surface area contributed by atoms with Crippen LogP contribution in [0.5, 0.6) is 0 Å². The normalized spacial score (nSPS) is 12.0. The second-order valence-electron chi connectivity index (χ2n) is 5.24. The zero-order valence-electron chi connectivity index (χ0n) is 13.7. The Morgan fingerprint density at radius 1 is 1.23 bits per heavy atom. The summed E-state index contributed by atoms with van der Waals surface area (Å²) in [6.07, 6.45) is 0.0782.